The van der Waals surface area contributed by atoms with Crippen molar-refractivity contribution in [1.29, 1.82) is 0 Å². The van der Waals surface area contributed by atoms with Crippen molar-refractivity contribution in [2.24, 2.45) is 5.16 Å². The monoisotopic (exact) mass is 420 g/mol. The predicted molar refractivity (Wildman–Crippen MR) is 114 cm³/mol. The zero-order chi connectivity index (χ0) is 21.9. The molecule has 1 fully saturated rings. The third-order valence-corrected chi connectivity index (χ3v) is 5.47. The third-order valence-electron chi connectivity index (χ3n) is 5.47. The van der Waals surface area contributed by atoms with Crippen LogP contribution in [-0.4, -0.2) is 23.8 Å². The minimum Gasteiger partial charge on any atom is -0.440 e. The van der Waals surface area contributed by atoms with E-state index in [1.165, 1.54) is 25.3 Å². The number of hydrogen-bond donors (Lipinski definition) is 0. The summed E-state index contributed by atoms with van der Waals surface area (Å²) in [6.07, 6.45) is -0.224. The van der Waals surface area contributed by atoms with Gasteiger partial charge in [-0.05, 0) is 16.7 Å². The fourth-order valence-corrected chi connectivity index (χ4v) is 4.19. The van der Waals surface area contributed by atoms with Gasteiger partial charge < -0.3 is 9.57 Å². The Balaban J connectivity index is 1.81. The van der Waals surface area contributed by atoms with Gasteiger partial charge in [0.05, 0.1) is 4.92 Å². The maximum absolute atomic E-state index is 16.2. The first-order valence-electron chi connectivity index (χ1n) is 9.81. The lowest BCUT2D eigenvalue weighted by Crippen LogP contribution is -2.34. The van der Waals surface area contributed by atoms with Gasteiger partial charge in [0, 0.05) is 25.0 Å². The maximum atomic E-state index is 16.2. The molecule has 158 valence electrons. The normalized spacial score (nSPS) is 20.9. The van der Waals surface area contributed by atoms with Gasteiger partial charge in [0.1, 0.15) is 12.5 Å². The van der Waals surface area contributed by atoms with Crippen LogP contribution < -0.4 is 0 Å². The van der Waals surface area contributed by atoms with Crippen LogP contribution in [0.4, 0.5) is 10.1 Å². The van der Waals surface area contributed by atoms with E-state index in [0.717, 1.165) is 11.1 Å². The van der Waals surface area contributed by atoms with Crippen LogP contribution in [-0.2, 0) is 21.4 Å². The zero-order valence-corrected chi connectivity index (χ0v) is 16.9. The van der Waals surface area contributed by atoms with Crippen molar-refractivity contribution in [3.63, 3.8) is 0 Å². The Bertz CT molecular complexity index is 1070. The highest BCUT2D eigenvalue weighted by molar-refractivity contribution is 5.94. The van der Waals surface area contributed by atoms with E-state index in [0.29, 0.717) is 5.56 Å². The molecular weight excluding hydrogens is 399 g/mol. The lowest BCUT2D eigenvalue weighted by atomic mass is 9.71. The van der Waals surface area contributed by atoms with E-state index in [-0.39, 0.29) is 24.4 Å². The van der Waals surface area contributed by atoms with E-state index in [1.807, 2.05) is 60.7 Å². The van der Waals surface area contributed by atoms with E-state index in [4.69, 9.17) is 9.57 Å². The molecule has 31 heavy (non-hydrogen) atoms. The van der Waals surface area contributed by atoms with E-state index >= 15 is 4.39 Å². The Morgan fingerprint density at radius 3 is 2.19 bits per heavy atom. The topological polar surface area (TPSA) is 74.0 Å². The number of rotatable bonds is 6. The lowest BCUT2D eigenvalue weighted by Gasteiger charge is -2.28. The second-order valence-electron chi connectivity index (χ2n) is 7.48. The number of alkyl halides is 1. The molecule has 1 saturated heterocycles. The van der Waals surface area contributed by atoms with E-state index < -0.39 is 16.2 Å². The van der Waals surface area contributed by atoms with Gasteiger partial charge in [-0.25, -0.2) is 0 Å². The predicted octanol–water partition coefficient (Wildman–Crippen LogP) is 5.17. The molecule has 6 nitrogen and oxygen atoms in total. The Kier molecular flexibility index (Phi) is 5.42. The fourth-order valence-electron chi connectivity index (χ4n) is 4.19. The van der Waals surface area contributed by atoms with Crippen LogP contribution in [0.3, 0.4) is 0 Å². The molecule has 0 N–H and O–H groups in total. The van der Waals surface area contributed by atoms with Gasteiger partial charge in [-0.3, -0.25) is 10.1 Å². The quantitative estimate of drug-likeness (QED) is 0.407. The summed E-state index contributed by atoms with van der Waals surface area (Å²) in [6, 6.07) is 24.8. The number of nitro benzene ring substituents is 1. The summed E-state index contributed by atoms with van der Waals surface area (Å²) in [5.41, 5.74) is 0.993. The van der Waals surface area contributed by atoms with Gasteiger partial charge in [0.15, 0.2) is 0 Å². The highest BCUT2D eigenvalue weighted by atomic mass is 19.2. The van der Waals surface area contributed by atoms with Crippen LogP contribution in [0.5, 0.6) is 0 Å². The molecule has 1 heterocycles. The van der Waals surface area contributed by atoms with Gasteiger partial charge in [-0.1, -0.05) is 78.0 Å². The van der Waals surface area contributed by atoms with Crippen LogP contribution in [0.1, 0.15) is 23.1 Å². The largest absolute Gasteiger partial charge is 0.440 e. The lowest BCUT2D eigenvalue weighted by molar-refractivity contribution is -0.384. The average molecular weight is 420 g/mol. The van der Waals surface area contributed by atoms with Crippen molar-refractivity contribution < 1.29 is 18.9 Å². The molecule has 0 radical (unpaired) electrons. The first kappa shape index (κ1) is 20.5. The summed E-state index contributed by atoms with van der Waals surface area (Å²) in [4.78, 5) is 15.7. The standard InChI is InChI=1S/C24H21FN2O4/c1-30-26-22-24(19-10-4-2-5-11-19,20-12-6-3-7-13-20)17-23(25,31-22)16-18-9-8-14-21(15-18)27(28)29/h2-15H,16-17H2,1H3/b26-22-. The number of benzene rings is 3. The van der Waals surface area contributed by atoms with Gasteiger partial charge in [-0.15, -0.1) is 0 Å². The third kappa shape index (κ3) is 3.86. The van der Waals surface area contributed by atoms with Crippen LogP contribution in [0.25, 0.3) is 0 Å². The summed E-state index contributed by atoms with van der Waals surface area (Å²) in [7, 11) is 1.38. The molecule has 0 saturated carbocycles. The van der Waals surface area contributed by atoms with E-state index in [1.54, 1.807) is 6.07 Å². The van der Waals surface area contributed by atoms with Gasteiger partial charge in [0.25, 0.3) is 11.5 Å². The molecule has 7 heteroatoms. The molecule has 3 aromatic carbocycles. The van der Waals surface area contributed by atoms with E-state index in [9.17, 15) is 10.1 Å². The van der Waals surface area contributed by atoms with Crippen molar-refractivity contribution in [1.82, 2.24) is 0 Å². The number of nitro groups is 1. The summed E-state index contributed by atoms with van der Waals surface area (Å²) >= 11 is 0. The summed E-state index contributed by atoms with van der Waals surface area (Å²) < 4.78 is 22.0. The highest BCUT2D eigenvalue weighted by Crippen LogP contribution is 2.50. The number of non-ortho nitro benzene ring substituents is 1. The zero-order valence-electron chi connectivity index (χ0n) is 16.9. The van der Waals surface area contributed by atoms with Crippen LogP contribution in [0.2, 0.25) is 0 Å². The Morgan fingerprint density at radius 2 is 1.65 bits per heavy atom. The summed E-state index contributed by atoms with van der Waals surface area (Å²) in [5, 5.41) is 15.2. The van der Waals surface area contributed by atoms with Gasteiger partial charge in [-0.2, -0.15) is 4.39 Å². The molecule has 0 spiro atoms. The molecule has 1 aliphatic rings. The molecule has 1 aliphatic heterocycles. The molecule has 0 amide bonds. The molecule has 0 bridgehead atoms. The SMILES string of the molecule is CO/N=C1\OC(F)(Cc2cccc([N+](=O)[O-])c2)CC1(c1ccccc1)c1ccccc1. The fraction of sp³-hybridized carbons (Fsp3) is 0.208. The molecule has 1 atom stereocenters. The Morgan fingerprint density at radius 1 is 1.03 bits per heavy atom. The smallest absolute Gasteiger partial charge is 0.269 e. The van der Waals surface area contributed by atoms with Gasteiger partial charge in [0.2, 0.25) is 5.90 Å². The van der Waals surface area contributed by atoms with E-state index in [2.05, 4.69) is 5.16 Å². The van der Waals surface area contributed by atoms with Crippen LogP contribution in [0.15, 0.2) is 90.1 Å². The highest BCUT2D eigenvalue weighted by Gasteiger charge is 2.58. The Labute approximate surface area is 179 Å². The van der Waals surface area contributed by atoms with Crippen LogP contribution in [0, 0.1) is 10.1 Å². The minimum atomic E-state index is -2.14. The number of oxime groups is 1. The molecule has 0 aliphatic carbocycles. The number of nitrogens with zero attached hydrogens (tertiary/aromatic N) is 2. The number of ether oxygens (including phenoxy) is 1. The minimum absolute atomic E-state index is 0.0566. The van der Waals surface area contributed by atoms with Crippen molar-refractivity contribution in [2.45, 2.75) is 24.1 Å². The van der Waals surface area contributed by atoms with Crippen molar-refractivity contribution in [3.8, 4) is 0 Å². The average Bonchev–Trinajstić information content (AvgIpc) is 3.08. The van der Waals surface area contributed by atoms with Crippen LogP contribution >= 0.6 is 0 Å². The van der Waals surface area contributed by atoms with Crippen molar-refractivity contribution >= 4 is 11.6 Å². The second-order valence-corrected chi connectivity index (χ2v) is 7.48. The maximum Gasteiger partial charge on any atom is 0.269 e. The van der Waals surface area contributed by atoms with Crippen molar-refractivity contribution in [3.05, 3.63) is 112 Å². The number of hydrogen-bond acceptors (Lipinski definition) is 5. The molecule has 0 aromatic heterocycles. The molecule has 3 aromatic rings. The molecular formula is C24H21FN2O4. The number of halogens is 1. The Hall–Kier alpha value is -3.74. The molecule has 4 rings (SSSR count). The first-order chi connectivity index (χ1) is 15.0. The van der Waals surface area contributed by atoms with Crippen molar-refractivity contribution in [2.75, 3.05) is 7.11 Å². The first-order valence-corrected chi connectivity index (χ1v) is 9.81. The van der Waals surface area contributed by atoms with Gasteiger partial charge >= 0.3 is 0 Å². The molecule has 1 unspecified atom stereocenters. The summed E-state index contributed by atoms with van der Waals surface area (Å²) in [5.74, 6) is -2.03. The summed E-state index contributed by atoms with van der Waals surface area (Å²) in [6.45, 7) is 0. The second kappa shape index (κ2) is 8.18.